The van der Waals surface area contributed by atoms with Crippen molar-refractivity contribution in [3.05, 3.63) is 0 Å². The number of thiocarbonyl (C=S) groups is 1. The molecule has 1 atom stereocenters. The van der Waals surface area contributed by atoms with Gasteiger partial charge in [0.15, 0.2) is 0 Å². The van der Waals surface area contributed by atoms with Crippen molar-refractivity contribution in [1.29, 1.82) is 0 Å². The van der Waals surface area contributed by atoms with Crippen LogP contribution < -0.4 is 16.4 Å². The van der Waals surface area contributed by atoms with Crippen LogP contribution in [0.3, 0.4) is 0 Å². The SMILES string of the molecule is NC(=S)CC(=O)NC1CNC(=O)C1. The summed E-state index contributed by atoms with van der Waals surface area (Å²) in [5.41, 5.74) is 5.18. The fourth-order valence-electron chi connectivity index (χ4n) is 1.14. The number of carbonyl (C=O) groups excluding carboxylic acids is 2. The number of nitrogens with two attached hydrogens (primary N) is 1. The lowest BCUT2D eigenvalue weighted by Gasteiger charge is -2.09. The van der Waals surface area contributed by atoms with Crippen LogP contribution >= 0.6 is 12.2 Å². The lowest BCUT2D eigenvalue weighted by molar-refractivity contribution is -0.120. The summed E-state index contributed by atoms with van der Waals surface area (Å²) in [5, 5.41) is 5.26. The minimum atomic E-state index is -0.228. The number of hydrogen-bond acceptors (Lipinski definition) is 3. The molecular weight excluding hydrogens is 190 g/mol. The van der Waals surface area contributed by atoms with Crippen LogP contribution in [0.25, 0.3) is 0 Å². The largest absolute Gasteiger partial charge is 0.393 e. The molecule has 5 nitrogen and oxygen atoms in total. The first-order valence-electron chi connectivity index (χ1n) is 3.92. The van der Waals surface area contributed by atoms with E-state index in [1.54, 1.807) is 0 Å². The summed E-state index contributed by atoms with van der Waals surface area (Å²) in [6, 6.07) is -0.116. The Bertz CT molecular complexity index is 254. The summed E-state index contributed by atoms with van der Waals surface area (Å²) in [7, 11) is 0. The fourth-order valence-corrected chi connectivity index (χ4v) is 1.28. The van der Waals surface area contributed by atoms with E-state index in [0.29, 0.717) is 13.0 Å². The van der Waals surface area contributed by atoms with Crippen molar-refractivity contribution in [2.45, 2.75) is 18.9 Å². The second-order valence-corrected chi connectivity index (χ2v) is 3.44. The molecule has 0 aromatic heterocycles. The van der Waals surface area contributed by atoms with Gasteiger partial charge in [0.25, 0.3) is 0 Å². The van der Waals surface area contributed by atoms with Crippen LogP contribution in [0.2, 0.25) is 0 Å². The van der Waals surface area contributed by atoms with Crippen LogP contribution in [0, 0.1) is 0 Å². The Kier molecular flexibility index (Phi) is 3.18. The molecule has 13 heavy (non-hydrogen) atoms. The molecule has 0 saturated carbocycles. The number of carbonyl (C=O) groups is 2. The Hall–Kier alpha value is -1.17. The molecular formula is C7H11N3O2S. The van der Waals surface area contributed by atoms with E-state index < -0.39 is 0 Å². The molecule has 2 amide bonds. The van der Waals surface area contributed by atoms with Gasteiger partial charge in [-0.15, -0.1) is 0 Å². The highest BCUT2D eigenvalue weighted by atomic mass is 32.1. The molecule has 6 heteroatoms. The minimum absolute atomic E-state index is 0.0411. The third kappa shape index (κ3) is 3.37. The fraction of sp³-hybridized carbons (Fsp3) is 0.571. The van der Waals surface area contributed by atoms with Gasteiger partial charge in [0.1, 0.15) is 0 Å². The van der Waals surface area contributed by atoms with Gasteiger partial charge in [-0.25, -0.2) is 0 Å². The lowest BCUT2D eigenvalue weighted by Crippen LogP contribution is -2.37. The Morgan fingerprint density at radius 3 is 2.92 bits per heavy atom. The second-order valence-electron chi connectivity index (χ2n) is 2.92. The van der Waals surface area contributed by atoms with Crippen LogP contribution in [-0.4, -0.2) is 29.4 Å². The number of hydrogen-bond donors (Lipinski definition) is 3. The average Bonchev–Trinajstić information content (AvgIpc) is 2.33. The molecule has 1 saturated heterocycles. The van der Waals surface area contributed by atoms with Crippen molar-refractivity contribution < 1.29 is 9.59 Å². The molecule has 0 aromatic carbocycles. The third-order valence-corrected chi connectivity index (χ3v) is 1.82. The Morgan fingerprint density at radius 2 is 2.46 bits per heavy atom. The molecule has 0 aliphatic carbocycles. The third-order valence-electron chi connectivity index (χ3n) is 1.68. The number of nitrogens with one attached hydrogen (secondary N) is 2. The predicted molar refractivity (Wildman–Crippen MR) is 51.0 cm³/mol. The molecule has 1 fully saturated rings. The van der Waals surface area contributed by atoms with E-state index >= 15 is 0 Å². The van der Waals surface area contributed by atoms with Gasteiger partial charge in [0.2, 0.25) is 11.8 Å². The molecule has 1 unspecified atom stereocenters. The Balaban J connectivity index is 2.28. The van der Waals surface area contributed by atoms with Gasteiger partial charge in [-0.05, 0) is 0 Å². The zero-order valence-corrected chi connectivity index (χ0v) is 7.82. The van der Waals surface area contributed by atoms with E-state index in [0.717, 1.165) is 0 Å². The molecule has 0 spiro atoms. The van der Waals surface area contributed by atoms with Crippen LogP contribution in [0.5, 0.6) is 0 Å². The van der Waals surface area contributed by atoms with Crippen molar-refractivity contribution in [2.24, 2.45) is 5.73 Å². The summed E-state index contributed by atoms with van der Waals surface area (Å²) in [6.45, 7) is 0.488. The summed E-state index contributed by atoms with van der Waals surface area (Å²) >= 11 is 4.57. The van der Waals surface area contributed by atoms with Crippen LogP contribution in [0.15, 0.2) is 0 Å². The van der Waals surface area contributed by atoms with E-state index in [9.17, 15) is 9.59 Å². The first kappa shape index (κ1) is 9.91. The first-order chi connectivity index (χ1) is 6.08. The standard InChI is InChI=1S/C7H11N3O2S/c8-5(13)2-7(12)10-4-1-6(11)9-3-4/h4H,1-3H2,(H2,8,13)(H,9,11)(H,10,12). The molecule has 4 N–H and O–H groups in total. The second kappa shape index (κ2) is 4.18. The zero-order chi connectivity index (χ0) is 9.84. The van der Waals surface area contributed by atoms with E-state index in [2.05, 4.69) is 22.9 Å². The van der Waals surface area contributed by atoms with Gasteiger partial charge in [0.05, 0.1) is 17.5 Å². The van der Waals surface area contributed by atoms with Crippen molar-refractivity contribution in [3.63, 3.8) is 0 Å². The molecule has 1 aliphatic rings. The topological polar surface area (TPSA) is 84.2 Å². The highest BCUT2D eigenvalue weighted by Gasteiger charge is 2.22. The normalized spacial score (nSPS) is 20.9. The van der Waals surface area contributed by atoms with Gasteiger partial charge in [-0.3, -0.25) is 9.59 Å². The van der Waals surface area contributed by atoms with E-state index in [1.165, 1.54) is 0 Å². The van der Waals surface area contributed by atoms with Gasteiger partial charge in [0, 0.05) is 13.0 Å². The molecule has 0 radical (unpaired) electrons. The monoisotopic (exact) mass is 201 g/mol. The highest BCUT2D eigenvalue weighted by Crippen LogP contribution is 1.99. The predicted octanol–water partition coefficient (Wildman–Crippen LogP) is -1.33. The van der Waals surface area contributed by atoms with Crippen LogP contribution in [0.1, 0.15) is 12.8 Å². The Morgan fingerprint density at radius 1 is 1.77 bits per heavy atom. The first-order valence-corrected chi connectivity index (χ1v) is 4.33. The quantitative estimate of drug-likeness (QED) is 0.494. The lowest BCUT2D eigenvalue weighted by atomic mass is 10.2. The summed E-state index contributed by atoms with van der Waals surface area (Å²) in [6.07, 6.45) is 0.378. The molecule has 0 bridgehead atoms. The Labute approximate surface area is 81.0 Å². The summed E-state index contributed by atoms with van der Waals surface area (Å²) < 4.78 is 0. The molecule has 1 aliphatic heterocycles. The maximum atomic E-state index is 11.1. The van der Waals surface area contributed by atoms with Crippen molar-refractivity contribution in [3.8, 4) is 0 Å². The van der Waals surface area contributed by atoms with Crippen molar-refractivity contribution in [2.75, 3.05) is 6.54 Å². The zero-order valence-electron chi connectivity index (χ0n) is 7.00. The van der Waals surface area contributed by atoms with Gasteiger partial charge in [-0.2, -0.15) is 0 Å². The van der Waals surface area contributed by atoms with E-state index in [1.807, 2.05) is 0 Å². The van der Waals surface area contributed by atoms with E-state index in [-0.39, 0.29) is 29.3 Å². The van der Waals surface area contributed by atoms with Crippen LogP contribution in [-0.2, 0) is 9.59 Å². The van der Waals surface area contributed by atoms with Crippen molar-refractivity contribution >= 4 is 29.0 Å². The average molecular weight is 201 g/mol. The van der Waals surface area contributed by atoms with Crippen molar-refractivity contribution in [1.82, 2.24) is 10.6 Å². The van der Waals surface area contributed by atoms with Gasteiger partial charge in [-0.1, -0.05) is 12.2 Å². The summed E-state index contributed by atoms with van der Waals surface area (Å²) in [4.78, 5) is 22.0. The maximum absolute atomic E-state index is 11.1. The number of rotatable bonds is 3. The maximum Gasteiger partial charge on any atom is 0.227 e. The van der Waals surface area contributed by atoms with Crippen LogP contribution in [0.4, 0.5) is 0 Å². The molecule has 1 rings (SSSR count). The summed E-state index contributed by atoms with van der Waals surface area (Å²) in [5.74, 6) is -0.269. The van der Waals surface area contributed by atoms with Gasteiger partial charge < -0.3 is 16.4 Å². The molecule has 72 valence electrons. The van der Waals surface area contributed by atoms with Gasteiger partial charge >= 0.3 is 0 Å². The smallest absolute Gasteiger partial charge is 0.227 e. The highest BCUT2D eigenvalue weighted by molar-refractivity contribution is 7.80. The minimum Gasteiger partial charge on any atom is -0.393 e. The number of amides is 2. The molecule has 1 heterocycles. The molecule has 0 aromatic rings. The van der Waals surface area contributed by atoms with E-state index in [4.69, 9.17) is 5.73 Å².